The fourth-order valence-electron chi connectivity index (χ4n) is 3.99. The number of carbonyl (C=O) groups excluding carboxylic acids is 2. The third-order valence-electron chi connectivity index (χ3n) is 5.56. The van der Waals surface area contributed by atoms with Crippen molar-refractivity contribution in [3.63, 3.8) is 0 Å². The molecule has 1 atom stereocenters. The molecule has 8 nitrogen and oxygen atoms in total. The highest BCUT2D eigenvalue weighted by atomic mass is 16.7. The Bertz CT molecular complexity index is 1170. The van der Waals surface area contributed by atoms with Gasteiger partial charge in [-0.25, -0.2) is 4.79 Å². The number of ether oxygens (including phenoxy) is 1. The van der Waals surface area contributed by atoms with E-state index < -0.39 is 11.6 Å². The molecule has 1 aromatic heterocycles. The standard InChI is InChI=1S/C24H26N4O4/c1-16(2)28-21-11-7-10-19(20(21)15-26-28)22(29)25-14-18-13-24(32-27-18,23(30)31-3)12-17-8-5-4-6-9-17/h4-11,15-16H,12-14H2,1-3H3,(H,25,29). The minimum absolute atomic E-state index is 0.168. The van der Waals surface area contributed by atoms with Gasteiger partial charge >= 0.3 is 5.97 Å². The van der Waals surface area contributed by atoms with E-state index in [0.717, 1.165) is 16.5 Å². The number of carbonyl (C=O) groups is 2. The first kappa shape index (κ1) is 21.5. The van der Waals surface area contributed by atoms with Crippen LogP contribution in [-0.2, 0) is 20.8 Å². The Morgan fingerprint density at radius 3 is 2.69 bits per heavy atom. The Labute approximate surface area is 186 Å². The average Bonchev–Trinajstić information content (AvgIpc) is 3.42. The molecule has 2 heterocycles. The number of nitrogens with one attached hydrogen (secondary N) is 1. The van der Waals surface area contributed by atoms with Crippen LogP contribution in [0.3, 0.4) is 0 Å². The molecule has 0 saturated heterocycles. The lowest BCUT2D eigenvalue weighted by Gasteiger charge is -2.23. The van der Waals surface area contributed by atoms with E-state index >= 15 is 0 Å². The van der Waals surface area contributed by atoms with Crippen molar-refractivity contribution in [1.29, 1.82) is 0 Å². The Hall–Kier alpha value is -3.68. The summed E-state index contributed by atoms with van der Waals surface area (Å²) in [5.41, 5.74) is 1.73. The molecule has 1 amide bonds. The molecule has 0 aliphatic carbocycles. The number of esters is 1. The topological polar surface area (TPSA) is 94.8 Å². The van der Waals surface area contributed by atoms with Gasteiger partial charge in [0, 0.05) is 24.3 Å². The summed E-state index contributed by atoms with van der Waals surface area (Å²) in [7, 11) is 1.33. The lowest BCUT2D eigenvalue weighted by molar-refractivity contribution is -0.166. The monoisotopic (exact) mass is 434 g/mol. The smallest absolute Gasteiger partial charge is 0.353 e. The molecule has 166 valence electrons. The van der Waals surface area contributed by atoms with Crippen molar-refractivity contribution in [2.75, 3.05) is 13.7 Å². The van der Waals surface area contributed by atoms with Crippen LogP contribution in [0.15, 0.2) is 59.9 Å². The number of amides is 1. The Morgan fingerprint density at radius 1 is 1.19 bits per heavy atom. The van der Waals surface area contributed by atoms with Crippen LogP contribution in [0.2, 0.25) is 0 Å². The zero-order chi connectivity index (χ0) is 22.7. The maximum Gasteiger partial charge on any atom is 0.353 e. The maximum atomic E-state index is 12.9. The summed E-state index contributed by atoms with van der Waals surface area (Å²) in [6, 6.07) is 15.3. The second-order valence-corrected chi connectivity index (χ2v) is 8.18. The molecule has 0 saturated carbocycles. The molecule has 1 N–H and O–H groups in total. The van der Waals surface area contributed by atoms with Crippen molar-refractivity contribution in [2.45, 2.75) is 38.3 Å². The Balaban J connectivity index is 1.46. The normalized spacial score (nSPS) is 17.8. The van der Waals surface area contributed by atoms with E-state index in [-0.39, 0.29) is 24.9 Å². The van der Waals surface area contributed by atoms with Gasteiger partial charge in [0.2, 0.25) is 5.60 Å². The molecular weight excluding hydrogens is 408 g/mol. The zero-order valence-electron chi connectivity index (χ0n) is 18.4. The average molecular weight is 434 g/mol. The molecule has 3 aromatic rings. The highest BCUT2D eigenvalue weighted by Gasteiger charge is 2.47. The van der Waals surface area contributed by atoms with Gasteiger partial charge in [-0.15, -0.1) is 0 Å². The van der Waals surface area contributed by atoms with Gasteiger partial charge in [0.05, 0.1) is 36.6 Å². The van der Waals surface area contributed by atoms with Crippen LogP contribution in [0.4, 0.5) is 0 Å². The highest BCUT2D eigenvalue weighted by molar-refractivity contribution is 6.07. The third-order valence-corrected chi connectivity index (χ3v) is 5.56. The number of oxime groups is 1. The summed E-state index contributed by atoms with van der Waals surface area (Å²) in [5.74, 6) is -0.725. The molecule has 1 aliphatic rings. The van der Waals surface area contributed by atoms with E-state index in [2.05, 4.69) is 15.6 Å². The van der Waals surface area contributed by atoms with Crippen LogP contribution in [0, 0.1) is 0 Å². The summed E-state index contributed by atoms with van der Waals surface area (Å²) < 4.78 is 6.87. The van der Waals surface area contributed by atoms with E-state index in [9.17, 15) is 9.59 Å². The number of benzene rings is 2. The van der Waals surface area contributed by atoms with Crippen molar-refractivity contribution in [2.24, 2.45) is 5.16 Å². The van der Waals surface area contributed by atoms with Crippen LogP contribution in [0.1, 0.15) is 42.2 Å². The summed E-state index contributed by atoms with van der Waals surface area (Å²) in [6.07, 6.45) is 2.28. The minimum Gasteiger partial charge on any atom is -0.466 e. The summed E-state index contributed by atoms with van der Waals surface area (Å²) >= 11 is 0. The molecular formula is C24H26N4O4. The minimum atomic E-state index is -1.23. The van der Waals surface area contributed by atoms with Crippen molar-refractivity contribution in [1.82, 2.24) is 15.1 Å². The van der Waals surface area contributed by atoms with Crippen molar-refractivity contribution in [3.8, 4) is 0 Å². The molecule has 2 aromatic carbocycles. The van der Waals surface area contributed by atoms with E-state index in [1.807, 2.05) is 61.0 Å². The van der Waals surface area contributed by atoms with Gasteiger partial charge in [0.25, 0.3) is 5.91 Å². The second kappa shape index (κ2) is 8.82. The van der Waals surface area contributed by atoms with Gasteiger partial charge in [0.15, 0.2) is 0 Å². The SMILES string of the molecule is COC(=O)C1(Cc2ccccc2)CC(CNC(=O)c2cccc3c2cnn3C(C)C)=NO1. The number of nitrogens with zero attached hydrogens (tertiary/aromatic N) is 3. The lowest BCUT2D eigenvalue weighted by atomic mass is 9.89. The maximum absolute atomic E-state index is 12.9. The second-order valence-electron chi connectivity index (χ2n) is 8.18. The zero-order valence-corrected chi connectivity index (χ0v) is 18.4. The summed E-state index contributed by atoms with van der Waals surface area (Å²) in [4.78, 5) is 31.0. The molecule has 0 bridgehead atoms. The van der Waals surface area contributed by atoms with Gasteiger partial charge in [0.1, 0.15) is 0 Å². The van der Waals surface area contributed by atoms with Gasteiger partial charge in [-0.3, -0.25) is 9.48 Å². The summed E-state index contributed by atoms with van der Waals surface area (Å²) in [5, 5.41) is 12.2. The number of rotatable bonds is 7. The van der Waals surface area contributed by atoms with Gasteiger partial charge in [-0.2, -0.15) is 5.10 Å². The van der Waals surface area contributed by atoms with Gasteiger partial charge < -0.3 is 14.9 Å². The van der Waals surface area contributed by atoms with Gasteiger partial charge in [-0.1, -0.05) is 41.6 Å². The predicted octanol–water partition coefficient (Wildman–Crippen LogP) is 3.28. The number of hydrogen-bond donors (Lipinski definition) is 1. The van der Waals surface area contributed by atoms with Crippen LogP contribution in [0.5, 0.6) is 0 Å². The van der Waals surface area contributed by atoms with E-state index in [4.69, 9.17) is 9.57 Å². The lowest BCUT2D eigenvalue weighted by Crippen LogP contribution is -2.43. The molecule has 0 spiro atoms. The Kier molecular flexibility index (Phi) is 5.94. The first-order valence-electron chi connectivity index (χ1n) is 10.5. The van der Waals surface area contributed by atoms with Crippen LogP contribution in [0.25, 0.3) is 10.9 Å². The van der Waals surface area contributed by atoms with E-state index in [0.29, 0.717) is 17.7 Å². The first-order valence-corrected chi connectivity index (χ1v) is 10.5. The van der Waals surface area contributed by atoms with Crippen LogP contribution >= 0.6 is 0 Å². The Morgan fingerprint density at radius 2 is 1.97 bits per heavy atom. The number of hydrogen-bond acceptors (Lipinski definition) is 6. The quantitative estimate of drug-likeness (QED) is 0.576. The van der Waals surface area contributed by atoms with Crippen molar-refractivity contribution < 1.29 is 19.2 Å². The van der Waals surface area contributed by atoms with Crippen LogP contribution in [-0.4, -0.2) is 46.6 Å². The highest BCUT2D eigenvalue weighted by Crippen LogP contribution is 2.30. The summed E-state index contributed by atoms with van der Waals surface area (Å²) in [6.45, 7) is 4.25. The molecule has 0 radical (unpaired) electrons. The molecule has 0 fully saturated rings. The van der Waals surface area contributed by atoms with E-state index in [1.54, 1.807) is 12.3 Å². The third kappa shape index (κ3) is 4.08. The molecule has 1 aliphatic heterocycles. The van der Waals surface area contributed by atoms with Gasteiger partial charge in [-0.05, 0) is 31.5 Å². The molecule has 8 heteroatoms. The fourth-order valence-corrected chi connectivity index (χ4v) is 3.99. The first-order chi connectivity index (χ1) is 15.4. The fraction of sp³-hybridized carbons (Fsp3) is 0.333. The van der Waals surface area contributed by atoms with Crippen molar-refractivity contribution in [3.05, 3.63) is 65.9 Å². The molecule has 1 unspecified atom stereocenters. The van der Waals surface area contributed by atoms with Crippen molar-refractivity contribution >= 4 is 28.5 Å². The molecule has 4 rings (SSSR count). The van der Waals surface area contributed by atoms with Crippen LogP contribution < -0.4 is 5.32 Å². The number of aromatic nitrogens is 2. The number of fused-ring (bicyclic) bond motifs is 1. The van der Waals surface area contributed by atoms with E-state index in [1.165, 1.54) is 7.11 Å². The largest absolute Gasteiger partial charge is 0.466 e. The number of methoxy groups -OCH3 is 1. The molecule has 32 heavy (non-hydrogen) atoms. The predicted molar refractivity (Wildman–Crippen MR) is 120 cm³/mol.